The standard InChI is InChI=1S/C26H19F9N6O2/c1-43-23-17(5-13(9-38-23)19-7-18(26(33,34)35)20-21(36)39-10-40-41(19)20)22(42)37-8-12-4-16(12)11-2-14(24(27,28)29)6-15(3-11)25(30,31)32/h2-3,5-7,9-10,12,16H,4,8H2,1H3,(H,37,42)(H2,36,39,40)/t12-,16-/m1/s1. The van der Waals surface area contributed by atoms with Gasteiger partial charge in [-0.2, -0.15) is 44.6 Å². The Labute approximate surface area is 235 Å². The molecule has 1 aliphatic rings. The molecule has 3 heterocycles. The molecule has 4 aromatic rings. The fourth-order valence-electron chi connectivity index (χ4n) is 4.80. The molecular weight excluding hydrogens is 599 g/mol. The lowest BCUT2D eigenvalue weighted by Gasteiger charge is -2.14. The van der Waals surface area contributed by atoms with Crippen molar-refractivity contribution < 1.29 is 49.0 Å². The zero-order valence-corrected chi connectivity index (χ0v) is 21.7. The Bertz CT molecular complexity index is 1680. The molecule has 1 saturated carbocycles. The number of ether oxygens (including phenoxy) is 1. The summed E-state index contributed by atoms with van der Waals surface area (Å²) in [5, 5.41) is 6.39. The average molecular weight is 618 g/mol. The summed E-state index contributed by atoms with van der Waals surface area (Å²) in [6, 6.07) is 3.33. The van der Waals surface area contributed by atoms with Crippen molar-refractivity contribution in [2.24, 2.45) is 5.92 Å². The van der Waals surface area contributed by atoms with Crippen LogP contribution in [0.15, 0.2) is 42.9 Å². The number of hydrogen-bond donors (Lipinski definition) is 2. The highest BCUT2D eigenvalue weighted by Crippen LogP contribution is 2.49. The number of nitrogens with two attached hydrogens (primary N) is 1. The van der Waals surface area contributed by atoms with Gasteiger partial charge in [0.25, 0.3) is 5.91 Å². The lowest BCUT2D eigenvalue weighted by Crippen LogP contribution is -2.26. The van der Waals surface area contributed by atoms with Crippen LogP contribution in [-0.4, -0.2) is 39.1 Å². The molecule has 1 aliphatic carbocycles. The lowest BCUT2D eigenvalue weighted by molar-refractivity contribution is -0.143. The van der Waals surface area contributed by atoms with E-state index in [0.717, 1.165) is 23.1 Å². The number of nitrogens with one attached hydrogen (secondary N) is 1. The van der Waals surface area contributed by atoms with E-state index in [4.69, 9.17) is 10.5 Å². The molecule has 43 heavy (non-hydrogen) atoms. The van der Waals surface area contributed by atoms with E-state index in [-0.39, 0.29) is 47.3 Å². The zero-order chi connectivity index (χ0) is 31.5. The second-order valence-electron chi connectivity index (χ2n) is 9.78. The number of aromatic nitrogens is 4. The molecule has 1 amide bonds. The Morgan fingerprint density at radius 1 is 0.977 bits per heavy atom. The summed E-state index contributed by atoms with van der Waals surface area (Å²) in [4.78, 5) is 20.7. The van der Waals surface area contributed by atoms with E-state index in [1.165, 1.54) is 13.2 Å². The van der Waals surface area contributed by atoms with Crippen molar-refractivity contribution in [3.63, 3.8) is 0 Å². The lowest BCUT2D eigenvalue weighted by atomic mass is 10.0. The van der Waals surface area contributed by atoms with Crippen LogP contribution < -0.4 is 15.8 Å². The topological polar surface area (TPSA) is 107 Å². The van der Waals surface area contributed by atoms with Gasteiger partial charge in [0, 0.05) is 18.3 Å². The smallest absolute Gasteiger partial charge is 0.418 e. The van der Waals surface area contributed by atoms with Gasteiger partial charge in [-0.05, 0) is 54.2 Å². The quantitative estimate of drug-likeness (QED) is 0.258. The monoisotopic (exact) mass is 618 g/mol. The van der Waals surface area contributed by atoms with Crippen molar-refractivity contribution >= 4 is 17.2 Å². The number of hydrogen-bond acceptors (Lipinski definition) is 6. The van der Waals surface area contributed by atoms with Gasteiger partial charge in [0.2, 0.25) is 5.88 Å². The number of fused-ring (bicyclic) bond motifs is 1. The maximum Gasteiger partial charge on any atom is 0.418 e. The molecule has 0 aliphatic heterocycles. The first-order chi connectivity index (χ1) is 20.0. The van der Waals surface area contributed by atoms with Gasteiger partial charge in [-0.3, -0.25) is 4.79 Å². The van der Waals surface area contributed by atoms with Gasteiger partial charge in [0.05, 0.1) is 29.5 Å². The molecule has 228 valence electrons. The Balaban J connectivity index is 1.39. The second kappa shape index (κ2) is 10.3. The van der Waals surface area contributed by atoms with Crippen molar-refractivity contribution in [1.82, 2.24) is 24.9 Å². The minimum absolute atomic E-state index is 0.0301. The number of alkyl halides is 9. The molecule has 0 radical (unpaired) electrons. The van der Waals surface area contributed by atoms with Gasteiger partial charge >= 0.3 is 18.5 Å². The third-order valence-corrected chi connectivity index (χ3v) is 6.96. The number of methoxy groups -OCH3 is 1. The predicted octanol–water partition coefficient (Wildman–Crippen LogP) is 5.97. The molecule has 1 aromatic carbocycles. The first-order valence-electron chi connectivity index (χ1n) is 12.3. The van der Waals surface area contributed by atoms with Gasteiger partial charge in [0.1, 0.15) is 17.4 Å². The molecule has 0 bridgehead atoms. The Kier molecular flexibility index (Phi) is 7.17. The van der Waals surface area contributed by atoms with Gasteiger partial charge in [-0.1, -0.05) is 0 Å². The number of anilines is 1. The molecule has 2 atom stereocenters. The van der Waals surface area contributed by atoms with Crippen molar-refractivity contribution in [3.05, 3.63) is 70.7 Å². The third kappa shape index (κ3) is 5.87. The molecule has 0 saturated heterocycles. The van der Waals surface area contributed by atoms with Gasteiger partial charge in [0.15, 0.2) is 5.82 Å². The van der Waals surface area contributed by atoms with Gasteiger partial charge < -0.3 is 15.8 Å². The molecule has 5 rings (SSSR count). The number of rotatable bonds is 6. The van der Waals surface area contributed by atoms with E-state index in [2.05, 4.69) is 20.4 Å². The van der Waals surface area contributed by atoms with Crippen LogP contribution >= 0.6 is 0 Å². The van der Waals surface area contributed by atoms with Crippen LogP contribution in [0.1, 0.15) is 45.0 Å². The predicted molar refractivity (Wildman–Crippen MR) is 132 cm³/mol. The number of benzene rings is 1. The number of amides is 1. The Morgan fingerprint density at radius 3 is 2.21 bits per heavy atom. The second-order valence-corrected chi connectivity index (χ2v) is 9.78. The van der Waals surface area contributed by atoms with Gasteiger partial charge in [-0.25, -0.2) is 14.5 Å². The number of pyridine rings is 1. The number of carbonyl (C=O) groups is 1. The summed E-state index contributed by atoms with van der Waals surface area (Å²) in [5.41, 5.74) is 0.739. The van der Waals surface area contributed by atoms with E-state index in [9.17, 15) is 44.3 Å². The summed E-state index contributed by atoms with van der Waals surface area (Å²) >= 11 is 0. The molecule has 0 unspecified atom stereocenters. The summed E-state index contributed by atoms with van der Waals surface area (Å²) in [6.07, 6.45) is -12.5. The maximum atomic E-state index is 13.7. The Morgan fingerprint density at radius 2 is 1.63 bits per heavy atom. The maximum absolute atomic E-state index is 13.7. The summed E-state index contributed by atoms with van der Waals surface area (Å²) in [6.45, 7) is -0.121. The normalized spacial score (nSPS) is 17.3. The van der Waals surface area contributed by atoms with Crippen LogP contribution in [0.4, 0.5) is 45.3 Å². The van der Waals surface area contributed by atoms with Crippen LogP contribution in [0.5, 0.6) is 5.88 Å². The minimum Gasteiger partial charge on any atom is -0.480 e. The Hall–Kier alpha value is -4.57. The van der Waals surface area contributed by atoms with Crippen LogP contribution in [0.25, 0.3) is 16.8 Å². The van der Waals surface area contributed by atoms with Gasteiger partial charge in [-0.15, -0.1) is 0 Å². The van der Waals surface area contributed by atoms with Crippen molar-refractivity contribution in [1.29, 1.82) is 0 Å². The molecule has 0 spiro atoms. The highest BCUT2D eigenvalue weighted by molar-refractivity contribution is 5.97. The van der Waals surface area contributed by atoms with E-state index in [0.29, 0.717) is 12.1 Å². The van der Waals surface area contributed by atoms with E-state index >= 15 is 0 Å². The summed E-state index contributed by atoms with van der Waals surface area (Å²) in [7, 11) is 1.20. The highest BCUT2D eigenvalue weighted by Gasteiger charge is 2.43. The summed E-state index contributed by atoms with van der Waals surface area (Å²) < 4.78 is 127. The molecule has 17 heteroatoms. The largest absolute Gasteiger partial charge is 0.480 e. The van der Waals surface area contributed by atoms with Crippen LogP contribution in [0, 0.1) is 5.92 Å². The first kappa shape index (κ1) is 29.9. The highest BCUT2D eigenvalue weighted by atomic mass is 19.4. The number of halogens is 9. The van der Waals surface area contributed by atoms with Crippen LogP contribution in [0.2, 0.25) is 0 Å². The summed E-state index contributed by atoms with van der Waals surface area (Å²) in [5.74, 6) is -2.56. The zero-order valence-electron chi connectivity index (χ0n) is 21.7. The SMILES string of the molecule is COc1ncc(-c2cc(C(F)(F)F)c3c(N)ncnn23)cc1C(=O)NC[C@H]1C[C@@H]1c1cc(C(F)(F)F)cc(C(F)(F)F)c1. The van der Waals surface area contributed by atoms with E-state index < -0.39 is 64.3 Å². The molecule has 8 nitrogen and oxygen atoms in total. The van der Waals surface area contributed by atoms with Crippen LogP contribution in [0.3, 0.4) is 0 Å². The van der Waals surface area contributed by atoms with Crippen molar-refractivity contribution in [2.45, 2.75) is 30.9 Å². The number of nitrogen functional groups attached to an aromatic ring is 1. The molecule has 1 fully saturated rings. The molecule has 3 aromatic heterocycles. The first-order valence-corrected chi connectivity index (χ1v) is 12.3. The third-order valence-electron chi connectivity index (χ3n) is 6.96. The van der Waals surface area contributed by atoms with E-state index in [1.54, 1.807) is 0 Å². The van der Waals surface area contributed by atoms with Crippen molar-refractivity contribution in [2.75, 3.05) is 19.4 Å². The fourth-order valence-corrected chi connectivity index (χ4v) is 4.80. The average Bonchev–Trinajstić information content (AvgIpc) is 3.59. The minimum atomic E-state index is -4.99. The van der Waals surface area contributed by atoms with Crippen molar-refractivity contribution in [3.8, 4) is 17.1 Å². The van der Waals surface area contributed by atoms with E-state index in [1.807, 2.05) is 0 Å². The molecule has 3 N–H and O–H groups in total. The fraction of sp³-hybridized carbons (Fsp3) is 0.308. The number of carbonyl (C=O) groups excluding carboxylic acids is 1. The van der Waals surface area contributed by atoms with Crippen LogP contribution in [-0.2, 0) is 18.5 Å². The number of nitrogens with zero attached hydrogens (tertiary/aromatic N) is 4. The molecular formula is C26H19F9N6O2.